The molecule has 0 aliphatic carbocycles. The molecule has 17 heavy (non-hydrogen) atoms. The second-order valence-corrected chi connectivity index (χ2v) is 4.16. The van der Waals surface area contributed by atoms with Crippen LogP contribution in [0.4, 0.5) is 13.2 Å². The van der Waals surface area contributed by atoms with Gasteiger partial charge < -0.3 is 10.5 Å². The van der Waals surface area contributed by atoms with Gasteiger partial charge in [-0.3, -0.25) is 0 Å². The number of ether oxygens (including phenoxy) is 1. The van der Waals surface area contributed by atoms with Gasteiger partial charge in [0, 0.05) is 11.1 Å². The van der Waals surface area contributed by atoms with Crippen molar-refractivity contribution in [2.75, 3.05) is 13.2 Å². The predicted molar refractivity (Wildman–Crippen MR) is 60.0 cm³/mol. The average Bonchev–Trinajstić information content (AvgIpc) is 2.15. The molecule has 1 aromatic carbocycles. The molecule has 0 saturated heterocycles. The molecule has 6 heteroatoms. The topological polar surface area (TPSA) is 35.2 Å². The second-order valence-electron chi connectivity index (χ2n) is 3.72. The van der Waals surface area contributed by atoms with Crippen LogP contribution >= 0.6 is 11.6 Å². The van der Waals surface area contributed by atoms with Crippen molar-refractivity contribution in [1.29, 1.82) is 0 Å². The van der Waals surface area contributed by atoms with Crippen LogP contribution in [0.5, 0.6) is 0 Å². The number of rotatable bonds is 5. The minimum atomic E-state index is -4.31. The second kappa shape index (κ2) is 6.23. The highest BCUT2D eigenvalue weighted by atomic mass is 35.5. The van der Waals surface area contributed by atoms with Crippen molar-refractivity contribution < 1.29 is 17.9 Å². The number of benzene rings is 1. The molecule has 2 N–H and O–H groups in total. The highest BCUT2D eigenvalue weighted by Crippen LogP contribution is 2.15. The van der Waals surface area contributed by atoms with Crippen molar-refractivity contribution in [1.82, 2.24) is 0 Å². The van der Waals surface area contributed by atoms with E-state index >= 15 is 0 Å². The van der Waals surface area contributed by atoms with E-state index in [1.165, 1.54) is 0 Å². The third-order valence-electron chi connectivity index (χ3n) is 1.98. The lowest BCUT2D eigenvalue weighted by molar-refractivity contribution is -0.174. The maximum Gasteiger partial charge on any atom is 0.411 e. The molecule has 0 aliphatic rings. The van der Waals surface area contributed by atoms with Gasteiger partial charge in [-0.25, -0.2) is 0 Å². The first-order valence-corrected chi connectivity index (χ1v) is 5.39. The minimum absolute atomic E-state index is 0.133. The minimum Gasteiger partial charge on any atom is -0.370 e. The van der Waals surface area contributed by atoms with Gasteiger partial charge in [0.25, 0.3) is 0 Å². The number of alkyl halides is 3. The van der Waals surface area contributed by atoms with Crippen LogP contribution in [0.2, 0.25) is 5.02 Å². The summed E-state index contributed by atoms with van der Waals surface area (Å²) in [6, 6.07) is 6.55. The van der Waals surface area contributed by atoms with E-state index < -0.39 is 18.8 Å². The molecule has 0 heterocycles. The molecule has 0 amide bonds. The third kappa shape index (κ3) is 6.51. The van der Waals surface area contributed by atoms with E-state index in [1.807, 2.05) is 6.07 Å². The monoisotopic (exact) mass is 267 g/mol. The SMILES string of the molecule is NC(COCC(F)(F)F)Cc1cccc(Cl)c1. The van der Waals surface area contributed by atoms with E-state index in [0.29, 0.717) is 11.4 Å². The maximum absolute atomic E-state index is 11.8. The highest BCUT2D eigenvalue weighted by molar-refractivity contribution is 6.30. The zero-order valence-electron chi connectivity index (χ0n) is 9.01. The molecule has 0 bridgehead atoms. The first-order valence-electron chi connectivity index (χ1n) is 5.01. The van der Waals surface area contributed by atoms with Crippen molar-refractivity contribution in [2.45, 2.75) is 18.6 Å². The number of halogens is 4. The van der Waals surface area contributed by atoms with Gasteiger partial charge in [-0.1, -0.05) is 23.7 Å². The highest BCUT2D eigenvalue weighted by Gasteiger charge is 2.27. The molecule has 0 saturated carbocycles. The Balaban J connectivity index is 2.32. The van der Waals surface area contributed by atoms with E-state index in [-0.39, 0.29) is 6.61 Å². The summed E-state index contributed by atoms with van der Waals surface area (Å²) in [5.74, 6) is 0. The van der Waals surface area contributed by atoms with Gasteiger partial charge in [0.15, 0.2) is 0 Å². The zero-order chi connectivity index (χ0) is 12.9. The maximum atomic E-state index is 11.8. The molecule has 0 fully saturated rings. The Morgan fingerprint density at radius 2 is 2.06 bits per heavy atom. The summed E-state index contributed by atoms with van der Waals surface area (Å²) >= 11 is 5.77. The van der Waals surface area contributed by atoms with Crippen molar-refractivity contribution >= 4 is 11.6 Å². The first kappa shape index (κ1) is 14.3. The van der Waals surface area contributed by atoms with Crippen LogP contribution in [0.25, 0.3) is 0 Å². The number of nitrogens with two attached hydrogens (primary N) is 1. The van der Waals surface area contributed by atoms with E-state index in [2.05, 4.69) is 4.74 Å². The molecule has 0 radical (unpaired) electrons. The van der Waals surface area contributed by atoms with Crippen LogP contribution in [0.15, 0.2) is 24.3 Å². The van der Waals surface area contributed by atoms with Gasteiger partial charge in [-0.2, -0.15) is 13.2 Å². The van der Waals surface area contributed by atoms with Crippen molar-refractivity contribution in [3.63, 3.8) is 0 Å². The van der Waals surface area contributed by atoms with Gasteiger partial charge in [0.2, 0.25) is 0 Å². The molecule has 0 aromatic heterocycles. The number of hydrogen-bond acceptors (Lipinski definition) is 2. The predicted octanol–water partition coefficient (Wildman–Crippen LogP) is 2.79. The summed E-state index contributed by atoms with van der Waals surface area (Å²) in [5, 5.41) is 0.575. The third-order valence-corrected chi connectivity index (χ3v) is 2.22. The van der Waals surface area contributed by atoms with E-state index in [1.54, 1.807) is 18.2 Å². The van der Waals surface area contributed by atoms with Crippen LogP contribution in [0.3, 0.4) is 0 Å². The van der Waals surface area contributed by atoms with E-state index in [0.717, 1.165) is 5.56 Å². The molecular formula is C11H13ClF3NO. The van der Waals surface area contributed by atoms with Crippen LogP contribution in [-0.2, 0) is 11.2 Å². The molecule has 1 unspecified atom stereocenters. The van der Waals surface area contributed by atoms with Gasteiger partial charge in [0.1, 0.15) is 6.61 Å². The summed E-state index contributed by atoms with van der Waals surface area (Å²) < 4.78 is 39.9. The Morgan fingerprint density at radius 1 is 1.35 bits per heavy atom. The smallest absolute Gasteiger partial charge is 0.370 e. The Bertz CT molecular complexity index is 357. The van der Waals surface area contributed by atoms with E-state index in [9.17, 15) is 13.2 Å². The summed E-state index contributed by atoms with van der Waals surface area (Å²) in [4.78, 5) is 0. The van der Waals surface area contributed by atoms with Gasteiger partial charge in [-0.15, -0.1) is 0 Å². The molecule has 1 rings (SSSR count). The normalized spacial score (nSPS) is 13.7. The van der Waals surface area contributed by atoms with Crippen LogP contribution in [0.1, 0.15) is 5.56 Å². The first-order chi connectivity index (χ1) is 7.87. The van der Waals surface area contributed by atoms with Crippen LogP contribution < -0.4 is 5.73 Å². The summed E-state index contributed by atoms with van der Waals surface area (Å²) in [7, 11) is 0. The number of hydrogen-bond donors (Lipinski definition) is 1. The lowest BCUT2D eigenvalue weighted by Crippen LogP contribution is -2.31. The molecule has 1 atom stereocenters. The summed E-state index contributed by atoms with van der Waals surface area (Å²) in [6.45, 7) is -1.40. The Morgan fingerprint density at radius 3 is 2.65 bits per heavy atom. The fourth-order valence-electron chi connectivity index (χ4n) is 1.35. The molecule has 2 nitrogen and oxygen atoms in total. The quantitative estimate of drug-likeness (QED) is 0.890. The summed E-state index contributed by atoms with van der Waals surface area (Å²) in [5.41, 5.74) is 6.53. The van der Waals surface area contributed by atoms with Crippen LogP contribution in [-0.4, -0.2) is 25.4 Å². The van der Waals surface area contributed by atoms with Crippen LogP contribution in [0, 0.1) is 0 Å². The van der Waals surface area contributed by atoms with Crippen molar-refractivity contribution in [2.24, 2.45) is 5.73 Å². The molecule has 0 spiro atoms. The zero-order valence-corrected chi connectivity index (χ0v) is 9.76. The molecular weight excluding hydrogens is 255 g/mol. The van der Waals surface area contributed by atoms with Crippen molar-refractivity contribution in [3.8, 4) is 0 Å². The van der Waals surface area contributed by atoms with Crippen molar-refractivity contribution in [3.05, 3.63) is 34.9 Å². The average molecular weight is 268 g/mol. The largest absolute Gasteiger partial charge is 0.411 e. The fraction of sp³-hybridized carbons (Fsp3) is 0.455. The Kier molecular flexibility index (Phi) is 5.24. The fourth-order valence-corrected chi connectivity index (χ4v) is 1.56. The standard InChI is InChI=1S/C11H13ClF3NO/c12-9-3-1-2-8(4-9)5-10(16)6-17-7-11(13,14)15/h1-4,10H,5-7,16H2. The summed E-state index contributed by atoms with van der Waals surface area (Å²) in [6.07, 6.45) is -3.88. The lowest BCUT2D eigenvalue weighted by Gasteiger charge is -2.13. The molecule has 96 valence electrons. The van der Waals surface area contributed by atoms with Gasteiger partial charge in [-0.05, 0) is 24.1 Å². The molecule has 1 aromatic rings. The lowest BCUT2D eigenvalue weighted by atomic mass is 10.1. The Labute approximate surface area is 103 Å². The molecule has 0 aliphatic heterocycles. The Hall–Kier alpha value is -0.780. The van der Waals surface area contributed by atoms with Gasteiger partial charge >= 0.3 is 6.18 Å². The van der Waals surface area contributed by atoms with E-state index in [4.69, 9.17) is 17.3 Å². The van der Waals surface area contributed by atoms with Gasteiger partial charge in [0.05, 0.1) is 6.61 Å².